The minimum Gasteiger partial charge on any atom is -0.229 e. The van der Waals surface area contributed by atoms with Crippen molar-refractivity contribution in [3.8, 4) is 0 Å². The van der Waals surface area contributed by atoms with Gasteiger partial charge in [0.2, 0.25) is 10.0 Å². The summed E-state index contributed by atoms with van der Waals surface area (Å²) in [5.41, 5.74) is 0. The van der Waals surface area contributed by atoms with Gasteiger partial charge in [-0.15, -0.1) is 11.3 Å². The van der Waals surface area contributed by atoms with E-state index in [9.17, 15) is 16.8 Å². The Kier molecular flexibility index (Phi) is 3.56. The van der Waals surface area contributed by atoms with Crippen LogP contribution in [0.15, 0.2) is 11.0 Å². The molecule has 102 valence electrons. The van der Waals surface area contributed by atoms with E-state index in [2.05, 4.69) is 4.72 Å². The van der Waals surface area contributed by atoms with Crippen LogP contribution < -0.4 is 4.72 Å². The van der Waals surface area contributed by atoms with Crippen molar-refractivity contribution < 1.29 is 16.8 Å². The largest absolute Gasteiger partial charge is 0.241 e. The first-order chi connectivity index (χ1) is 8.20. The third kappa shape index (κ3) is 2.93. The van der Waals surface area contributed by atoms with Crippen LogP contribution >= 0.6 is 11.3 Å². The molecule has 0 saturated carbocycles. The molecule has 0 unspecified atom stereocenters. The van der Waals surface area contributed by atoms with E-state index in [1.807, 2.05) is 6.92 Å². The molecule has 18 heavy (non-hydrogen) atoms. The zero-order valence-corrected chi connectivity index (χ0v) is 12.6. The molecule has 1 aromatic rings. The molecule has 0 amide bonds. The van der Waals surface area contributed by atoms with Crippen LogP contribution in [-0.4, -0.2) is 34.4 Å². The molecule has 1 fully saturated rings. The van der Waals surface area contributed by atoms with Crippen molar-refractivity contribution in [3.63, 3.8) is 0 Å². The van der Waals surface area contributed by atoms with Crippen LogP contribution in [0.5, 0.6) is 0 Å². The number of aryl methyl sites for hydroxylation is 2. The van der Waals surface area contributed by atoms with Crippen LogP contribution in [0.2, 0.25) is 0 Å². The monoisotopic (exact) mass is 309 g/mol. The topological polar surface area (TPSA) is 80.3 Å². The van der Waals surface area contributed by atoms with Crippen molar-refractivity contribution >= 4 is 31.2 Å². The second-order valence-electron chi connectivity index (χ2n) is 4.50. The maximum atomic E-state index is 12.1. The fraction of sp³-hybridized carbons (Fsp3) is 0.600. The fourth-order valence-corrected chi connectivity index (χ4v) is 6.65. The summed E-state index contributed by atoms with van der Waals surface area (Å²) < 4.78 is 49.4. The summed E-state index contributed by atoms with van der Waals surface area (Å²) in [7, 11) is -6.69. The van der Waals surface area contributed by atoms with Crippen LogP contribution in [0.4, 0.5) is 0 Å². The Hall–Kier alpha value is -0.440. The molecule has 0 spiro atoms. The first-order valence-corrected chi connectivity index (χ1v) is 9.61. The average Bonchev–Trinajstić information content (AvgIpc) is 2.69. The molecule has 1 aliphatic rings. The highest BCUT2D eigenvalue weighted by Crippen LogP contribution is 2.25. The highest BCUT2D eigenvalue weighted by Gasteiger charge is 2.32. The zero-order valence-electron chi connectivity index (χ0n) is 10.1. The van der Waals surface area contributed by atoms with Gasteiger partial charge in [0.15, 0.2) is 9.84 Å². The number of rotatable bonds is 3. The quantitative estimate of drug-likeness (QED) is 0.897. The van der Waals surface area contributed by atoms with E-state index in [-0.39, 0.29) is 16.4 Å². The molecule has 0 aliphatic carbocycles. The summed E-state index contributed by atoms with van der Waals surface area (Å²) >= 11 is 1.42. The molecule has 2 rings (SSSR count). The summed E-state index contributed by atoms with van der Waals surface area (Å²) in [5.74, 6) is -0.0454. The summed E-state index contributed by atoms with van der Waals surface area (Å²) in [6, 6.07) is 1.12. The van der Waals surface area contributed by atoms with E-state index in [4.69, 9.17) is 0 Å². The molecular formula is C10H15NO4S3. The highest BCUT2D eigenvalue weighted by molar-refractivity contribution is 7.92. The Labute approximate surface area is 111 Å². The van der Waals surface area contributed by atoms with Gasteiger partial charge in [-0.2, -0.15) is 0 Å². The second kappa shape index (κ2) is 4.59. The Morgan fingerprint density at radius 1 is 1.39 bits per heavy atom. The minimum absolute atomic E-state index is 0.0574. The molecule has 2 heterocycles. The summed E-state index contributed by atoms with van der Waals surface area (Å²) in [5, 5.41) is 0. The maximum Gasteiger partial charge on any atom is 0.241 e. The fourth-order valence-electron chi connectivity index (χ4n) is 2.05. The summed E-state index contributed by atoms with van der Waals surface area (Å²) in [6.07, 6.45) is 0.351. The van der Waals surface area contributed by atoms with Crippen molar-refractivity contribution in [1.82, 2.24) is 4.72 Å². The lowest BCUT2D eigenvalue weighted by Crippen LogP contribution is -2.35. The predicted octanol–water partition coefficient (Wildman–Crippen LogP) is 0.830. The van der Waals surface area contributed by atoms with Crippen molar-refractivity contribution in [1.29, 1.82) is 0 Å². The van der Waals surface area contributed by atoms with Gasteiger partial charge >= 0.3 is 0 Å². The number of sulfonamides is 1. The number of thiophene rings is 1. The van der Waals surface area contributed by atoms with Gasteiger partial charge in [-0.3, -0.25) is 0 Å². The van der Waals surface area contributed by atoms with Gasteiger partial charge < -0.3 is 0 Å². The average molecular weight is 309 g/mol. The van der Waals surface area contributed by atoms with E-state index < -0.39 is 25.9 Å². The van der Waals surface area contributed by atoms with Gasteiger partial charge in [0.25, 0.3) is 0 Å². The molecule has 0 aromatic carbocycles. The normalized spacial score (nSPS) is 23.3. The number of hydrogen-bond acceptors (Lipinski definition) is 5. The van der Waals surface area contributed by atoms with Crippen molar-refractivity contribution in [3.05, 3.63) is 15.8 Å². The number of nitrogens with one attached hydrogen (secondary N) is 1. The van der Waals surface area contributed by atoms with Crippen molar-refractivity contribution in [2.24, 2.45) is 0 Å². The van der Waals surface area contributed by atoms with Gasteiger partial charge in [-0.25, -0.2) is 21.6 Å². The van der Waals surface area contributed by atoms with Gasteiger partial charge in [0.05, 0.1) is 16.4 Å². The molecule has 1 atom stereocenters. The first kappa shape index (κ1) is 14.0. The molecule has 5 nitrogen and oxygen atoms in total. The SMILES string of the molecule is Cc1cc(S(=O)(=O)N[C@H]2CCS(=O)(=O)C2)c(C)s1. The van der Waals surface area contributed by atoms with Gasteiger partial charge in [-0.1, -0.05) is 0 Å². The number of sulfone groups is 1. The standard InChI is InChI=1S/C10H15NO4S3/c1-7-5-10(8(2)16-7)18(14,15)11-9-3-4-17(12,13)6-9/h5,9,11H,3-4,6H2,1-2H3/t9-/m0/s1. The van der Waals surface area contributed by atoms with Crippen LogP contribution in [0.3, 0.4) is 0 Å². The molecule has 1 N–H and O–H groups in total. The summed E-state index contributed by atoms with van der Waals surface area (Å²) in [4.78, 5) is 1.90. The van der Waals surface area contributed by atoms with Crippen LogP contribution in [0.25, 0.3) is 0 Å². The molecule has 0 radical (unpaired) electrons. The van der Waals surface area contributed by atoms with Gasteiger partial charge in [0.1, 0.15) is 0 Å². The van der Waals surface area contributed by atoms with Gasteiger partial charge in [0, 0.05) is 15.8 Å². The predicted molar refractivity (Wildman–Crippen MR) is 71.2 cm³/mol. The minimum atomic E-state index is -3.61. The van der Waals surface area contributed by atoms with E-state index >= 15 is 0 Å². The van der Waals surface area contributed by atoms with Crippen LogP contribution in [0.1, 0.15) is 16.2 Å². The molecule has 8 heteroatoms. The Balaban J connectivity index is 2.21. The highest BCUT2D eigenvalue weighted by atomic mass is 32.2. The van der Waals surface area contributed by atoms with E-state index in [0.29, 0.717) is 6.42 Å². The smallest absolute Gasteiger partial charge is 0.229 e. The first-order valence-electron chi connectivity index (χ1n) is 5.49. The van der Waals surface area contributed by atoms with Gasteiger partial charge in [-0.05, 0) is 26.3 Å². The Morgan fingerprint density at radius 3 is 2.50 bits per heavy atom. The summed E-state index contributed by atoms with van der Waals surface area (Å²) in [6.45, 7) is 3.59. The van der Waals surface area contributed by atoms with Crippen LogP contribution in [-0.2, 0) is 19.9 Å². The third-order valence-electron chi connectivity index (χ3n) is 2.84. The van der Waals surface area contributed by atoms with E-state index in [1.165, 1.54) is 11.3 Å². The van der Waals surface area contributed by atoms with E-state index in [1.54, 1.807) is 13.0 Å². The lowest BCUT2D eigenvalue weighted by atomic mass is 10.3. The van der Waals surface area contributed by atoms with Crippen molar-refractivity contribution in [2.75, 3.05) is 11.5 Å². The lowest BCUT2D eigenvalue weighted by molar-refractivity contribution is 0.562. The molecule has 0 bridgehead atoms. The van der Waals surface area contributed by atoms with Crippen LogP contribution in [0, 0.1) is 13.8 Å². The molecular weight excluding hydrogens is 294 g/mol. The lowest BCUT2D eigenvalue weighted by Gasteiger charge is -2.11. The Bertz CT molecular complexity index is 657. The maximum absolute atomic E-state index is 12.1. The molecule has 1 saturated heterocycles. The number of hydrogen-bond donors (Lipinski definition) is 1. The Morgan fingerprint density at radius 2 is 2.06 bits per heavy atom. The second-order valence-corrected chi connectivity index (χ2v) is 9.87. The molecule has 1 aromatic heterocycles. The van der Waals surface area contributed by atoms with E-state index in [0.717, 1.165) is 9.75 Å². The molecule has 1 aliphatic heterocycles. The van der Waals surface area contributed by atoms with Crippen molar-refractivity contribution in [2.45, 2.75) is 31.2 Å². The zero-order chi connectivity index (χ0) is 13.6. The third-order valence-corrected chi connectivity index (χ3v) is 7.35.